The molecule has 2 aromatic rings. The molecule has 28 heavy (non-hydrogen) atoms. The number of nitrogens with zero attached hydrogens (tertiary/aromatic N) is 3. The van der Waals surface area contributed by atoms with Crippen LogP contribution >= 0.6 is 0 Å². The smallest absolute Gasteiger partial charge is 0.0480 e. The third-order valence-electron chi connectivity index (χ3n) is 6.59. The highest BCUT2D eigenvalue weighted by molar-refractivity contribution is 5.46. The van der Waals surface area contributed by atoms with Crippen LogP contribution in [0, 0.1) is 0 Å². The molecule has 0 aromatic heterocycles. The van der Waals surface area contributed by atoms with Crippen LogP contribution in [0.25, 0.3) is 0 Å². The fourth-order valence-corrected chi connectivity index (χ4v) is 4.83. The number of fused-ring (bicyclic) bond motifs is 1. The Kier molecular flexibility index (Phi) is 5.72. The molecule has 0 bridgehead atoms. The normalized spacial score (nSPS) is 23.8. The Morgan fingerprint density at radius 1 is 0.964 bits per heavy atom. The average molecular weight is 379 g/mol. The molecule has 2 heterocycles. The van der Waals surface area contributed by atoms with Gasteiger partial charge in [0, 0.05) is 57.0 Å². The molecule has 150 valence electrons. The van der Waals surface area contributed by atoms with Gasteiger partial charge in [-0.3, -0.25) is 9.80 Å². The zero-order valence-corrected chi connectivity index (χ0v) is 17.5. The molecule has 4 nitrogen and oxygen atoms in total. The standard InChI is InChI=1S/C24H34N4/c1-18(2)19-9-10-21-22(15-19)23(16-25)26(3)17-24(21)28-13-11-27(12-14-28)20-7-5-4-6-8-20/h4-10,15,18,23-24H,11-14,16-17,25H2,1-3H3. The van der Waals surface area contributed by atoms with Gasteiger partial charge in [0.1, 0.15) is 0 Å². The third-order valence-corrected chi connectivity index (χ3v) is 6.59. The van der Waals surface area contributed by atoms with Gasteiger partial charge in [-0.1, -0.05) is 50.2 Å². The van der Waals surface area contributed by atoms with Crippen molar-refractivity contribution in [3.8, 4) is 0 Å². The molecule has 4 rings (SSSR count). The van der Waals surface area contributed by atoms with Crippen molar-refractivity contribution in [2.24, 2.45) is 5.73 Å². The molecular formula is C24H34N4. The lowest BCUT2D eigenvalue weighted by Gasteiger charge is -2.46. The number of rotatable bonds is 4. The maximum atomic E-state index is 6.18. The van der Waals surface area contributed by atoms with Gasteiger partial charge in [0.15, 0.2) is 0 Å². The lowest BCUT2D eigenvalue weighted by molar-refractivity contribution is 0.106. The van der Waals surface area contributed by atoms with Gasteiger partial charge in [0.05, 0.1) is 0 Å². The predicted molar refractivity (Wildman–Crippen MR) is 118 cm³/mol. The molecule has 1 fully saturated rings. The molecule has 0 saturated carbocycles. The minimum absolute atomic E-state index is 0.329. The Bertz CT molecular complexity index is 780. The first-order chi connectivity index (χ1) is 13.6. The van der Waals surface area contributed by atoms with Gasteiger partial charge in [-0.25, -0.2) is 0 Å². The second-order valence-corrected chi connectivity index (χ2v) is 8.61. The Morgan fingerprint density at radius 2 is 1.68 bits per heavy atom. The second kappa shape index (κ2) is 8.24. The van der Waals surface area contributed by atoms with Crippen LogP contribution in [-0.2, 0) is 0 Å². The van der Waals surface area contributed by atoms with E-state index < -0.39 is 0 Å². The highest BCUT2D eigenvalue weighted by Crippen LogP contribution is 2.38. The highest BCUT2D eigenvalue weighted by atomic mass is 15.3. The van der Waals surface area contributed by atoms with E-state index >= 15 is 0 Å². The maximum Gasteiger partial charge on any atom is 0.0480 e. The van der Waals surface area contributed by atoms with E-state index in [1.54, 1.807) is 0 Å². The van der Waals surface area contributed by atoms with Gasteiger partial charge in [-0.2, -0.15) is 0 Å². The number of benzene rings is 2. The number of piperazine rings is 1. The predicted octanol–water partition coefficient (Wildman–Crippen LogP) is 3.62. The summed E-state index contributed by atoms with van der Waals surface area (Å²) in [4.78, 5) is 7.64. The minimum Gasteiger partial charge on any atom is -0.369 e. The van der Waals surface area contributed by atoms with Crippen molar-refractivity contribution in [2.45, 2.75) is 31.8 Å². The first-order valence-electron chi connectivity index (χ1n) is 10.7. The summed E-state index contributed by atoms with van der Waals surface area (Å²) >= 11 is 0. The van der Waals surface area contributed by atoms with Crippen molar-refractivity contribution in [3.05, 3.63) is 65.2 Å². The molecule has 0 aliphatic carbocycles. The summed E-state index contributed by atoms with van der Waals surface area (Å²) in [5.74, 6) is 0.545. The second-order valence-electron chi connectivity index (χ2n) is 8.61. The molecule has 2 aliphatic rings. The quantitative estimate of drug-likeness (QED) is 0.881. The first-order valence-corrected chi connectivity index (χ1v) is 10.7. The van der Waals surface area contributed by atoms with Crippen molar-refractivity contribution >= 4 is 5.69 Å². The minimum atomic E-state index is 0.329. The number of anilines is 1. The first kappa shape index (κ1) is 19.4. The molecule has 1 saturated heterocycles. The van der Waals surface area contributed by atoms with Crippen LogP contribution in [0.1, 0.15) is 48.5 Å². The monoisotopic (exact) mass is 378 g/mol. The molecule has 2 unspecified atom stereocenters. The highest BCUT2D eigenvalue weighted by Gasteiger charge is 2.35. The molecular weight excluding hydrogens is 344 g/mol. The lowest BCUT2D eigenvalue weighted by atomic mass is 9.85. The summed E-state index contributed by atoms with van der Waals surface area (Å²) in [6.07, 6.45) is 0. The fraction of sp³-hybridized carbons (Fsp3) is 0.500. The van der Waals surface area contributed by atoms with Gasteiger partial charge >= 0.3 is 0 Å². The van der Waals surface area contributed by atoms with Crippen molar-refractivity contribution in [2.75, 3.05) is 51.2 Å². The molecule has 2 N–H and O–H groups in total. The lowest BCUT2D eigenvalue weighted by Crippen LogP contribution is -2.52. The molecule has 0 radical (unpaired) electrons. The number of hydrogen-bond donors (Lipinski definition) is 1. The van der Waals surface area contributed by atoms with E-state index in [-0.39, 0.29) is 0 Å². The fourth-order valence-electron chi connectivity index (χ4n) is 4.83. The average Bonchev–Trinajstić information content (AvgIpc) is 2.73. The van der Waals surface area contributed by atoms with Crippen LogP contribution < -0.4 is 10.6 Å². The van der Waals surface area contributed by atoms with Crippen LogP contribution in [0.2, 0.25) is 0 Å². The van der Waals surface area contributed by atoms with Crippen molar-refractivity contribution in [1.29, 1.82) is 0 Å². The largest absolute Gasteiger partial charge is 0.369 e. The Labute approximate surface area is 169 Å². The molecule has 2 aliphatic heterocycles. The Hall–Kier alpha value is -1.88. The van der Waals surface area contributed by atoms with Crippen LogP contribution in [0.15, 0.2) is 48.5 Å². The van der Waals surface area contributed by atoms with Crippen molar-refractivity contribution in [3.63, 3.8) is 0 Å². The summed E-state index contributed by atoms with van der Waals surface area (Å²) in [7, 11) is 2.23. The van der Waals surface area contributed by atoms with Gasteiger partial charge < -0.3 is 10.6 Å². The summed E-state index contributed by atoms with van der Waals surface area (Å²) in [6, 6.07) is 18.7. The summed E-state index contributed by atoms with van der Waals surface area (Å²) in [5, 5.41) is 0. The van der Waals surface area contributed by atoms with Crippen LogP contribution in [-0.4, -0.2) is 56.1 Å². The van der Waals surface area contributed by atoms with E-state index in [0.29, 0.717) is 24.5 Å². The van der Waals surface area contributed by atoms with Gasteiger partial charge in [-0.05, 0) is 41.8 Å². The number of hydrogen-bond acceptors (Lipinski definition) is 4. The number of likely N-dealkylation sites (N-methyl/N-ethyl adjacent to an activating group) is 1. The van der Waals surface area contributed by atoms with Crippen molar-refractivity contribution in [1.82, 2.24) is 9.80 Å². The maximum absolute atomic E-state index is 6.18. The van der Waals surface area contributed by atoms with Gasteiger partial charge in [0.2, 0.25) is 0 Å². The number of nitrogens with two attached hydrogens (primary N) is 1. The summed E-state index contributed by atoms with van der Waals surface area (Å²) in [5.41, 5.74) is 11.9. The van der Waals surface area contributed by atoms with Crippen molar-refractivity contribution < 1.29 is 0 Å². The van der Waals surface area contributed by atoms with E-state index in [2.05, 4.69) is 84.1 Å². The number of para-hydroxylation sites is 1. The summed E-state index contributed by atoms with van der Waals surface area (Å²) in [6.45, 7) is 10.7. The topological polar surface area (TPSA) is 35.7 Å². The van der Waals surface area contributed by atoms with E-state index in [4.69, 9.17) is 5.73 Å². The van der Waals surface area contributed by atoms with E-state index in [9.17, 15) is 0 Å². The third kappa shape index (κ3) is 3.69. The van der Waals surface area contributed by atoms with Gasteiger partial charge in [0.25, 0.3) is 0 Å². The van der Waals surface area contributed by atoms with Crippen LogP contribution in [0.5, 0.6) is 0 Å². The zero-order valence-electron chi connectivity index (χ0n) is 17.5. The zero-order chi connectivity index (χ0) is 19.7. The Morgan fingerprint density at radius 3 is 2.32 bits per heavy atom. The Balaban J connectivity index is 1.56. The summed E-state index contributed by atoms with van der Waals surface area (Å²) < 4.78 is 0. The molecule has 4 heteroatoms. The van der Waals surface area contributed by atoms with E-state index in [1.807, 2.05) is 0 Å². The molecule has 2 aromatic carbocycles. The van der Waals surface area contributed by atoms with E-state index in [1.165, 1.54) is 22.4 Å². The SMILES string of the molecule is CC(C)c1ccc2c(c1)C(CN)N(C)CC2N1CCN(c2ccccc2)CC1. The molecule has 0 amide bonds. The molecule has 2 atom stereocenters. The molecule has 0 spiro atoms. The van der Waals surface area contributed by atoms with Crippen LogP contribution in [0.4, 0.5) is 5.69 Å². The van der Waals surface area contributed by atoms with E-state index in [0.717, 1.165) is 32.7 Å². The van der Waals surface area contributed by atoms with Crippen LogP contribution in [0.3, 0.4) is 0 Å². The van der Waals surface area contributed by atoms with Gasteiger partial charge in [-0.15, -0.1) is 0 Å².